The third kappa shape index (κ3) is 8.08. The number of ether oxygens (including phenoxy) is 2. The molecule has 2 rings (SSSR count). The smallest absolute Gasteiger partial charge is 0.242 e. The molecular formula is C25H33ClN2O4. The highest BCUT2D eigenvalue weighted by Crippen LogP contribution is 2.18. The molecule has 0 heterocycles. The van der Waals surface area contributed by atoms with Crippen LogP contribution in [0.5, 0.6) is 11.5 Å². The molecule has 1 N–H and O–H groups in total. The van der Waals surface area contributed by atoms with Crippen LogP contribution >= 0.6 is 11.6 Å². The van der Waals surface area contributed by atoms with E-state index in [1.54, 1.807) is 31.1 Å². The number of carbonyl (C=O) groups is 2. The number of hydrogen-bond acceptors (Lipinski definition) is 4. The highest BCUT2D eigenvalue weighted by Gasteiger charge is 2.26. The highest BCUT2D eigenvalue weighted by atomic mass is 35.5. The van der Waals surface area contributed by atoms with Gasteiger partial charge in [-0.05, 0) is 68.7 Å². The average molecular weight is 461 g/mol. The SMILES string of the molecule is CC[C@@H](C)NC(=O)[C@@H](C)N(Cc1ccc(Cl)cc1)C(=O)CCCOc1ccc(OC)cc1. The van der Waals surface area contributed by atoms with E-state index in [-0.39, 0.29) is 24.3 Å². The molecule has 0 aliphatic heterocycles. The Bertz CT molecular complexity index is 855. The van der Waals surface area contributed by atoms with Crippen molar-refractivity contribution in [3.8, 4) is 11.5 Å². The summed E-state index contributed by atoms with van der Waals surface area (Å²) in [7, 11) is 1.61. The first-order chi connectivity index (χ1) is 15.3. The fraction of sp³-hybridized carbons (Fsp3) is 0.440. The van der Waals surface area contributed by atoms with E-state index >= 15 is 0 Å². The van der Waals surface area contributed by atoms with Crippen LogP contribution in [0, 0.1) is 0 Å². The fourth-order valence-electron chi connectivity index (χ4n) is 3.06. The molecule has 0 bridgehead atoms. The van der Waals surface area contributed by atoms with E-state index in [0.717, 1.165) is 23.5 Å². The summed E-state index contributed by atoms with van der Waals surface area (Å²) in [6.45, 7) is 6.46. The van der Waals surface area contributed by atoms with Crippen molar-refractivity contribution in [1.82, 2.24) is 10.2 Å². The molecule has 0 saturated carbocycles. The number of methoxy groups -OCH3 is 1. The lowest BCUT2D eigenvalue weighted by molar-refractivity contribution is -0.141. The quantitative estimate of drug-likeness (QED) is 0.460. The van der Waals surface area contributed by atoms with E-state index in [4.69, 9.17) is 21.1 Å². The highest BCUT2D eigenvalue weighted by molar-refractivity contribution is 6.30. The minimum atomic E-state index is -0.588. The van der Waals surface area contributed by atoms with Crippen LogP contribution in [0.25, 0.3) is 0 Å². The number of nitrogens with zero attached hydrogens (tertiary/aromatic N) is 1. The van der Waals surface area contributed by atoms with Crippen molar-refractivity contribution in [2.45, 2.75) is 58.7 Å². The first-order valence-electron chi connectivity index (χ1n) is 10.9. The molecule has 2 aromatic carbocycles. The molecule has 6 nitrogen and oxygen atoms in total. The van der Waals surface area contributed by atoms with Gasteiger partial charge >= 0.3 is 0 Å². The number of amides is 2. The topological polar surface area (TPSA) is 67.9 Å². The lowest BCUT2D eigenvalue weighted by Gasteiger charge is -2.29. The lowest BCUT2D eigenvalue weighted by atomic mass is 10.1. The van der Waals surface area contributed by atoms with Gasteiger partial charge in [-0.15, -0.1) is 0 Å². The minimum absolute atomic E-state index is 0.0512. The molecule has 2 amide bonds. The summed E-state index contributed by atoms with van der Waals surface area (Å²) in [4.78, 5) is 27.4. The predicted octanol–water partition coefficient (Wildman–Crippen LogP) is 4.84. The Morgan fingerprint density at radius 1 is 1.03 bits per heavy atom. The summed E-state index contributed by atoms with van der Waals surface area (Å²) in [5, 5.41) is 3.60. The van der Waals surface area contributed by atoms with Crippen molar-refractivity contribution in [3.05, 3.63) is 59.1 Å². The Hall–Kier alpha value is -2.73. The van der Waals surface area contributed by atoms with Gasteiger partial charge in [0.2, 0.25) is 11.8 Å². The Kier molecular flexibility index (Phi) is 10.3. The van der Waals surface area contributed by atoms with Crippen LogP contribution in [0.1, 0.15) is 45.6 Å². The summed E-state index contributed by atoms with van der Waals surface area (Å²) in [5.74, 6) is 1.23. The minimum Gasteiger partial charge on any atom is -0.497 e. The summed E-state index contributed by atoms with van der Waals surface area (Å²) in [6.07, 6.45) is 1.65. The predicted molar refractivity (Wildman–Crippen MR) is 127 cm³/mol. The number of carbonyl (C=O) groups excluding carboxylic acids is 2. The molecule has 0 aliphatic carbocycles. The van der Waals surface area contributed by atoms with E-state index in [1.807, 2.05) is 50.2 Å². The van der Waals surface area contributed by atoms with Gasteiger partial charge in [0.05, 0.1) is 13.7 Å². The average Bonchev–Trinajstić information content (AvgIpc) is 2.81. The lowest BCUT2D eigenvalue weighted by Crippen LogP contribution is -2.49. The second-order valence-electron chi connectivity index (χ2n) is 7.77. The van der Waals surface area contributed by atoms with Crippen LogP contribution in [-0.4, -0.2) is 42.5 Å². The molecular weight excluding hydrogens is 428 g/mol. The second kappa shape index (κ2) is 13.0. The van der Waals surface area contributed by atoms with Gasteiger partial charge in [0.15, 0.2) is 0 Å². The molecule has 0 radical (unpaired) electrons. The molecule has 0 spiro atoms. The number of benzene rings is 2. The fourth-order valence-corrected chi connectivity index (χ4v) is 3.19. The van der Waals surface area contributed by atoms with E-state index in [1.165, 1.54) is 0 Å². The van der Waals surface area contributed by atoms with Crippen molar-refractivity contribution < 1.29 is 19.1 Å². The van der Waals surface area contributed by atoms with Crippen molar-refractivity contribution in [2.24, 2.45) is 0 Å². The third-order valence-electron chi connectivity index (χ3n) is 5.30. The summed E-state index contributed by atoms with van der Waals surface area (Å²) < 4.78 is 10.9. The van der Waals surface area contributed by atoms with Crippen LogP contribution < -0.4 is 14.8 Å². The van der Waals surface area contributed by atoms with E-state index in [2.05, 4.69) is 5.32 Å². The van der Waals surface area contributed by atoms with E-state index in [9.17, 15) is 9.59 Å². The zero-order chi connectivity index (χ0) is 23.5. The summed E-state index contributed by atoms with van der Waals surface area (Å²) >= 11 is 5.98. The molecule has 0 aromatic heterocycles. The molecule has 174 valence electrons. The molecule has 7 heteroatoms. The number of nitrogens with one attached hydrogen (secondary N) is 1. The zero-order valence-corrected chi connectivity index (χ0v) is 20.0. The molecule has 0 unspecified atom stereocenters. The Morgan fingerprint density at radius 2 is 1.66 bits per heavy atom. The molecule has 0 saturated heterocycles. The summed E-state index contributed by atoms with van der Waals surface area (Å²) in [5.41, 5.74) is 0.917. The van der Waals surface area contributed by atoms with E-state index in [0.29, 0.717) is 24.6 Å². The molecule has 0 aliphatic rings. The first kappa shape index (κ1) is 25.5. The molecule has 0 fully saturated rings. The van der Waals surface area contributed by atoms with Gasteiger partial charge in [-0.1, -0.05) is 30.7 Å². The summed E-state index contributed by atoms with van der Waals surface area (Å²) in [6, 6.07) is 14.1. The first-order valence-corrected chi connectivity index (χ1v) is 11.3. The van der Waals surface area contributed by atoms with Gasteiger partial charge in [-0.2, -0.15) is 0 Å². The maximum atomic E-state index is 13.1. The van der Waals surface area contributed by atoms with Gasteiger partial charge in [0.1, 0.15) is 17.5 Å². The van der Waals surface area contributed by atoms with Crippen LogP contribution in [-0.2, 0) is 16.1 Å². The maximum absolute atomic E-state index is 13.1. The van der Waals surface area contributed by atoms with Crippen LogP contribution in [0.2, 0.25) is 5.02 Å². The Labute approximate surface area is 195 Å². The van der Waals surface area contributed by atoms with Crippen LogP contribution in [0.3, 0.4) is 0 Å². The normalized spacial score (nSPS) is 12.5. The van der Waals surface area contributed by atoms with Crippen molar-refractivity contribution in [3.63, 3.8) is 0 Å². The monoisotopic (exact) mass is 460 g/mol. The third-order valence-corrected chi connectivity index (χ3v) is 5.55. The van der Waals surface area contributed by atoms with Gasteiger partial charge in [-0.3, -0.25) is 9.59 Å². The van der Waals surface area contributed by atoms with Crippen LogP contribution in [0.4, 0.5) is 0 Å². The zero-order valence-electron chi connectivity index (χ0n) is 19.3. The van der Waals surface area contributed by atoms with Gasteiger partial charge < -0.3 is 19.7 Å². The Balaban J connectivity index is 1.98. The number of rotatable bonds is 12. The molecule has 2 aromatic rings. The van der Waals surface area contributed by atoms with Crippen LogP contribution in [0.15, 0.2) is 48.5 Å². The van der Waals surface area contributed by atoms with Gasteiger partial charge in [0.25, 0.3) is 0 Å². The van der Waals surface area contributed by atoms with Crippen molar-refractivity contribution in [2.75, 3.05) is 13.7 Å². The maximum Gasteiger partial charge on any atom is 0.242 e. The standard InChI is InChI=1S/C25H33ClN2O4/c1-5-18(2)27-25(30)19(3)28(17-20-8-10-21(26)11-9-20)24(29)7-6-16-32-23-14-12-22(31-4)13-15-23/h8-15,18-19H,5-7,16-17H2,1-4H3,(H,27,30)/t18-,19-/m1/s1. The number of halogens is 1. The Morgan fingerprint density at radius 3 is 2.25 bits per heavy atom. The molecule has 2 atom stereocenters. The molecule has 32 heavy (non-hydrogen) atoms. The largest absolute Gasteiger partial charge is 0.497 e. The van der Waals surface area contributed by atoms with Gasteiger partial charge in [-0.25, -0.2) is 0 Å². The van der Waals surface area contributed by atoms with E-state index < -0.39 is 6.04 Å². The van der Waals surface area contributed by atoms with Gasteiger partial charge in [0, 0.05) is 24.0 Å². The number of hydrogen-bond donors (Lipinski definition) is 1. The van der Waals surface area contributed by atoms with Crippen molar-refractivity contribution >= 4 is 23.4 Å². The van der Waals surface area contributed by atoms with Crippen molar-refractivity contribution in [1.29, 1.82) is 0 Å². The second-order valence-corrected chi connectivity index (χ2v) is 8.21.